The van der Waals surface area contributed by atoms with Gasteiger partial charge in [0.25, 0.3) is 5.89 Å². The van der Waals surface area contributed by atoms with Crippen LogP contribution in [0.1, 0.15) is 25.7 Å². The van der Waals surface area contributed by atoms with Gasteiger partial charge in [0.1, 0.15) is 0 Å². The molecule has 94 valence electrons. The minimum absolute atomic E-state index is 0.0265. The largest absolute Gasteiger partial charge is 0.456 e. The predicted octanol–water partition coefficient (Wildman–Crippen LogP) is 2.58. The third-order valence-corrected chi connectivity index (χ3v) is 2.31. The lowest BCUT2D eigenvalue weighted by Crippen LogP contribution is -2.03. The Balaban J connectivity index is 1.97. The number of nitrogens with zero attached hydrogens (tertiary/aromatic N) is 2. The molecule has 0 saturated heterocycles. The van der Waals surface area contributed by atoms with Crippen molar-refractivity contribution in [3.8, 4) is 11.4 Å². The molecule has 0 amide bonds. The predicted molar refractivity (Wildman–Crippen MR) is 64.4 cm³/mol. The molecule has 0 aliphatic carbocycles. The first-order valence-corrected chi connectivity index (χ1v) is 5.83. The van der Waals surface area contributed by atoms with Crippen LogP contribution >= 0.6 is 0 Å². The van der Waals surface area contributed by atoms with Crippen LogP contribution in [-0.2, 0) is 16.1 Å². The highest BCUT2D eigenvalue weighted by atomic mass is 16.6. The van der Waals surface area contributed by atoms with Gasteiger partial charge in [0.15, 0.2) is 6.61 Å². The van der Waals surface area contributed by atoms with Crippen LogP contribution in [0.3, 0.4) is 0 Å². The Kier molecular flexibility index (Phi) is 4.06. The average Bonchev–Trinajstić information content (AvgIpc) is 2.87. The molecule has 18 heavy (non-hydrogen) atoms. The molecule has 0 aliphatic heterocycles. The van der Waals surface area contributed by atoms with Gasteiger partial charge in [-0.2, -0.15) is 4.98 Å². The fourth-order valence-electron chi connectivity index (χ4n) is 1.44. The molecule has 0 radical (unpaired) electrons. The monoisotopic (exact) mass is 246 g/mol. The van der Waals surface area contributed by atoms with Crippen molar-refractivity contribution in [2.45, 2.75) is 26.4 Å². The van der Waals surface area contributed by atoms with E-state index in [0.29, 0.717) is 18.1 Å². The Morgan fingerprint density at radius 3 is 2.83 bits per heavy atom. The summed E-state index contributed by atoms with van der Waals surface area (Å²) in [5, 5.41) is 3.83. The highest BCUT2D eigenvalue weighted by molar-refractivity contribution is 5.69. The second-order valence-corrected chi connectivity index (χ2v) is 3.79. The quantitative estimate of drug-likeness (QED) is 0.758. The number of carbonyl (C=O) groups is 1. The lowest BCUT2D eigenvalue weighted by atomic mass is 10.2. The summed E-state index contributed by atoms with van der Waals surface area (Å²) in [6, 6.07) is 9.48. The highest BCUT2D eigenvalue weighted by Gasteiger charge is 2.10. The fourth-order valence-corrected chi connectivity index (χ4v) is 1.44. The van der Waals surface area contributed by atoms with Crippen LogP contribution in [0.15, 0.2) is 34.9 Å². The minimum atomic E-state index is -0.253. The Hall–Kier alpha value is -2.17. The molecule has 2 aromatic rings. The van der Waals surface area contributed by atoms with E-state index in [1.54, 1.807) is 0 Å². The van der Waals surface area contributed by atoms with Crippen molar-refractivity contribution in [2.24, 2.45) is 0 Å². The molecule has 1 aromatic heterocycles. The molecule has 0 aliphatic rings. The summed E-state index contributed by atoms with van der Waals surface area (Å²) in [6.07, 6.45) is 1.16. The zero-order chi connectivity index (χ0) is 12.8. The van der Waals surface area contributed by atoms with Crippen molar-refractivity contribution in [2.75, 3.05) is 0 Å². The Bertz CT molecular complexity index is 508. The fraction of sp³-hybridized carbons (Fsp3) is 0.308. The number of aromatic nitrogens is 2. The highest BCUT2D eigenvalue weighted by Crippen LogP contribution is 2.15. The number of esters is 1. The van der Waals surface area contributed by atoms with Crippen molar-refractivity contribution in [3.63, 3.8) is 0 Å². The van der Waals surface area contributed by atoms with Crippen LogP contribution < -0.4 is 0 Å². The number of rotatable bonds is 5. The van der Waals surface area contributed by atoms with Crippen molar-refractivity contribution in [1.82, 2.24) is 10.1 Å². The average molecular weight is 246 g/mol. The van der Waals surface area contributed by atoms with E-state index in [2.05, 4.69) is 10.1 Å². The second-order valence-electron chi connectivity index (χ2n) is 3.79. The summed E-state index contributed by atoms with van der Waals surface area (Å²) in [7, 11) is 0. The number of benzene rings is 1. The van der Waals surface area contributed by atoms with Crippen molar-refractivity contribution < 1.29 is 14.1 Å². The van der Waals surface area contributed by atoms with Crippen LogP contribution in [0.4, 0.5) is 0 Å². The zero-order valence-electron chi connectivity index (χ0n) is 10.1. The molecular formula is C13H14N2O3. The molecule has 0 fully saturated rings. The number of hydrogen-bond donors (Lipinski definition) is 0. The zero-order valence-corrected chi connectivity index (χ0v) is 10.1. The van der Waals surface area contributed by atoms with Crippen LogP contribution in [0.5, 0.6) is 0 Å². The normalized spacial score (nSPS) is 10.3. The Labute approximate surface area is 105 Å². The van der Waals surface area contributed by atoms with Gasteiger partial charge in [-0.15, -0.1) is 0 Å². The van der Waals surface area contributed by atoms with Crippen LogP contribution in [0, 0.1) is 0 Å². The van der Waals surface area contributed by atoms with E-state index < -0.39 is 0 Å². The van der Waals surface area contributed by atoms with E-state index >= 15 is 0 Å². The van der Waals surface area contributed by atoms with Gasteiger partial charge in [0.05, 0.1) is 0 Å². The van der Waals surface area contributed by atoms with Crippen molar-refractivity contribution in [1.29, 1.82) is 0 Å². The maximum absolute atomic E-state index is 11.2. The van der Waals surface area contributed by atoms with Crippen LogP contribution in [-0.4, -0.2) is 16.1 Å². The summed E-state index contributed by atoms with van der Waals surface area (Å²) in [5.41, 5.74) is 0.868. The molecular weight excluding hydrogens is 232 g/mol. The molecule has 5 heteroatoms. The van der Waals surface area contributed by atoms with Gasteiger partial charge in [-0.05, 0) is 6.42 Å². The first-order chi connectivity index (χ1) is 8.79. The van der Waals surface area contributed by atoms with Gasteiger partial charge < -0.3 is 9.26 Å². The molecule has 1 aromatic carbocycles. The molecule has 0 saturated carbocycles. The van der Waals surface area contributed by atoms with Crippen molar-refractivity contribution in [3.05, 3.63) is 36.2 Å². The van der Waals surface area contributed by atoms with Gasteiger partial charge in [-0.25, -0.2) is 0 Å². The molecule has 1 heterocycles. The second kappa shape index (κ2) is 5.95. The van der Waals surface area contributed by atoms with Gasteiger partial charge in [-0.1, -0.05) is 42.4 Å². The van der Waals surface area contributed by atoms with Crippen molar-refractivity contribution >= 4 is 5.97 Å². The Morgan fingerprint density at radius 1 is 1.33 bits per heavy atom. The smallest absolute Gasteiger partial charge is 0.306 e. The standard InChI is InChI=1S/C13H14N2O3/c1-2-6-12(16)17-9-11-14-13(15-18-11)10-7-4-3-5-8-10/h3-5,7-8H,2,6,9H2,1H3. The van der Waals surface area contributed by atoms with Gasteiger partial charge in [0.2, 0.25) is 5.82 Å². The van der Waals surface area contributed by atoms with E-state index in [0.717, 1.165) is 12.0 Å². The maximum atomic E-state index is 11.2. The maximum Gasteiger partial charge on any atom is 0.306 e. The lowest BCUT2D eigenvalue weighted by Gasteiger charge is -1.98. The first-order valence-electron chi connectivity index (χ1n) is 5.83. The van der Waals surface area contributed by atoms with Crippen LogP contribution in [0.2, 0.25) is 0 Å². The third-order valence-electron chi connectivity index (χ3n) is 2.31. The number of carbonyl (C=O) groups excluding carboxylic acids is 1. The van der Waals surface area contributed by atoms with E-state index in [9.17, 15) is 4.79 Å². The summed E-state index contributed by atoms with van der Waals surface area (Å²) in [6.45, 7) is 1.94. The molecule has 0 bridgehead atoms. The first kappa shape index (κ1) is 12.3. The molecule has 0 unspecified atom stereocenters. The molecule has 0 N–H and O–H groups in total. The topological polar surface area (TPSA) is 65.2 Å². The lowest BCUT2D eigenvalue weighted by molar-refractivity contribution is -0.145. The van der Waals surface area contributed by atoms with E-state index in [4.69, 9.17) is 9.26 Å². The summed E-state index contributed by atoms with van der Waals surface area (Å²) < 4.78 is 9.99. The molecule has 0 spiro atoms. The van der Waals surface area contributed by atoms with E-state index in [1.807, 2.05) is 37.3 Å². The van der Waals surface area contributed by atoms with Gasteiger partial charge in [0, 0.05) is 12.0 Å². The van der Waals surface area contributed by atoms with Crippen LogP contribution in [0.25, 0.3) is 11.4 Å². The van der Waals surface area contributed by atoms with E-state index in [1.165, 1.54) is 0 Å². The van der Waals surface area contributed by atoms with Gasteiger partial charge >= 0.3 is 5.97 Å². The van der Waals surface area contributed by atoms with E-state index in [-0.39, 0.29) is 12.6 Å². The summed E-state index contributed by atoms with van der Waals surface area (Å²) in [4.78, 5) is 15.3. The summed E-state index contributed by atoms with van der Waals surface area (Å²) in [5.74, 6) is 0.549. The third kappa shape index (κ3) is 3.16. The Morgan fingerprint density at radius 2 is 2.11 bits per heavy atom. The number of ether oxygens (including phenoxy) is 1. The minimum Gasteiger partial charge on any atom is -0.456 e. The van der Waals surface area contributed by atoms with Gasteiger partial charge in [-0.3, -0.25) is 4.79 Å². The summed E-state index contributed by atoms with van der Waals surface area (Å²) >= 11 is 0. The molecule has 0 atom stereocenters. The molecule has 2 rings (SSSR count). The number of hydrogen-bond acceptors (Lipinski definition) is 5. The molecule has 5 nitrogen and oxygen atoms in total. The SMILES string of the molecule is CCCC(=O)OCc1nc(-c2ccccc2)no1.